The Kier molecular flexibility index (Phi) is 7.59. The number of nitrogens with zero attached hydrogens (tertiary/aromatic N) is 4. The van der Waals surface area contributed by atoms with E-state index in [9.17, 15) is 13.2 Å². The van der Waals surface area contributed by atoms with Crippen LogP contribution in [-0.4, -0.2) is 54.9 Å². The molecule has 1 atom stereocenters. The Hall–Kier alpha value is -3.54. The molecule has 1 aliphatic heterocycles. The summed E-state index contributed by atoms with van der Waals surface area (Å²) in [6.45, 7) is 2.82. The zero-order chi connectivity index (χ0) is 26.7. The number of sulfonamides is 1. The van der Waals surface area contributed by atoms with Crippen molar-refractivity contribution < 1.29 is 22.7 Å². The number of anilines is 1. The van der Waals surface area contributed by atoms with Gasteiger partial charge in [-0.25, -0.2) is 13.4 Å². The fraction of sp³-hybridized carbons (Fsp3) is 0.296. The SMILES string of the molecule is CCOc1cccc2sc(N(Cc3ccccn3)C(=O)C3CCCN3S(=O)(=O)c3ccc(OC)cc3)nc12. The lowest BCUT2D eigenvalue weighted by molar-refractivity contribution is -0.121. The number of thiazole rings is 1. The standard InChI is InChI=1S/C27H28N4O5S2/c1-3-36-23-10-6-11-24-25(23)29-27(37-24)30(18-19-8-4-5-16-28-19)26(32)22-9-7-17-31(22)38(33,34)21-14-12-20(35-2)13-15-21/h4-6,8,10-16,22H,3,7,9,17-18H2,1-2H3. The minimum Gasteiger partial charge on any atom is -0.497 e. The molecule has 1 saturated heterocycles. The second-order valence-electron chi connectivity index (χ2n) is 8.73. The molecular formula is C27H28N4O5S2. The first-order valence-electron chi connectivity index (χ1n) is 12.3. The molecule has 0 aliphatic carbocycles. The second-order valence-corrected chi connectivity index (χ2v) is 11.6. The van der Waals surface area contributed by atoms with Crippen molar-refractivity contribution in [3.05, 3.63) is 72.6 Å². The van der Waals surface area contributed by atoms with Crippen LogP contribution < -0.4 is 14.4 Å². The van der Waals surface area contributed by atoms with Gasteiger partial charge >= 0.3 is 0 Å². The normalized spacial score (nSPS) is 16.0. The van der Waals surface area contributed by atoms with E-state index in [2.05, 4.69) is 4.98 Å². The number of aromatic nitrogens is 2. The van der Waals surface area contributed by atoms with E-state index in [0.29, 0.717) is 47.3 Å². The first-order chi connectivity index (χ1) is 18.4. The molecule has 0 bridgehead atoms. The smallest absolute Gasteiger partial charge is 0.247 e. The minimum atomic E-state index is -3.91. The fourth-order valence-electron chi connectivity index (χ4n) is 4.53. The van der Waals surface area contributed by atoms with Gasteiger partial charge in [0.05, 0.1) is 35.6 Å². The Labute approximate surface area is 225 Å². The molecule has 0 radical (unpaired) electrons. The number of rotatable bonds is 9. The number of amides is 1. The Morgan fingerprint density at radius 1 is 1.13 bits per heavy atom. The first-order valence-corrected chi connectivity index (χ1v) is 14.6. The molecule has 0 spiro atoms. The van der Waals surface area contributed by atoms with E-state index >= 15 is 0 Å². The topological polar surface area (TPSA) is 102 Å². The highest BCUT2D eigenvalue weighted by Crippen LogP contribution is 2.36. The molecule has 0 N–H and O–H groups in total. The van der Waals surface area contributed by atoms with Gasteiger partial charge in [0, 0.05) is 12.7 Å². The molecular weight excluding hydrogens is 524 g/mol. The number of fused-ring (bicyclic) bond motifs is 1. The molecule has 2 aromatic carbocycles. The van der Waals surface area contributed by atoms with Gasteiger partial charge in [0.15, 0.2) is 5.13 Å². The Morgan fingerprint density at radius 2 is 1.95 bits per heavy atom. The molecule has 1 amide bonds. The van der Waals surface area contributed by atoms with Crippen LogP contribution in [0.5, 0.6) is 11.5 Å². The summed E-state index contributed by atoms with van der Waals surface area (Å²) in [5.41, 5.74) is 1.34. The van der Waals surface area contributed by atoms with Crippen LogP contribution in [0.15, 0.2) is 71.8 Å². The lowest BCUT2D eigenvalue weighted by Crippen LogP contribution is -2.47. The van der Waals surface area contributed by atoms with Gasteiger partial charge < -0.3 is 9.47 Å². The number of hydrogen-bond acceptors (Lipinski definition) is 8. The molecule has 1 unspecified atom stereocenters. The third kappa shape index (κ3) is 5.09. The third-order valence-corrected chi connectivity index (χ3v) is 9.33. The molecule has 3 heterocycles. The van der Waals surface area contributed by atoms with Crippen molar-refractivity contribution in [2.45, 2.75) is 37.2 Å². The molecule has 1 fully saturated rings. The van der Waals surface area contributed by atoms with E-state index in [1.807, 2.05) is 43.3 Å². The maximum atomic E-state index is 14.1. The zero-order valence-corrected chi connectivity index (χ0v) is 22.7. The zero-order valence-electron chi connectivity index (χ0n) is 21.1. The summed E-state index contributed by atoms with van der Waals surface area (Å²) in [6, 6.07) is 16.5. The van der Waals surface area contributed by atoms with Crippen LogP contribution in [0, 0.1) is 0 Å². The molecule has 38 heavy (non-hydrogen) atoms. The molecule has 4 aromatic rings. The van der Waals surface area contributed by atoms with Gasteiger partial charge in [-0.15, -0.1) is 0 Å². The predicted molar refractivity (Wildman–Crippen MR) is 146 cm³/mol. The van der Waals surface area contributed by atoms with Crippen molar-refractivity contribution >= 4 is 42.6 Å². The first kappa shape index (κ1) is 26.1. The monoisotopic (exact) mass is 552 g/mol. The molecule has 5 rings (SSSR count). The van der Waals surface area contributed by atoms with Crippen LogP contribution in [0.4, 0.5) is 5.13 Å². The van der Waals surface area contributed by atoms with E-state index in [1.54, 1.807) is 23.2 Å². The number of ether oxygens (including phenoxy) is 2. The highest BCUT2D eigenvalue weighted by Gasteiger charge is 2.42. The highest BCUT2D eigenvalue weighted by molar-refractivity contribution is 7.89. The average Bonchev–Trinajstić information content (AvgIpc) is 3.61. The van der Waals surface area contributed by atoms with Crippen molar-refractivity contribution in [2.75, 3.05) is 25.2 Å². The van der Waals surface area contributed by atoms with Crippen molar-refractivity contribution in [1.29, 1.82) is 0 Å². The van der Waals surface area contributed by atoms with Crippen LogP contribution in [0.25, 0.3) is 10.2 Å². The average molecular weight is 553 g/mol. The summed E-state index contributed by atoms with van der Waals surface area (Å²) in [7, 11) is -2.39. The van der Waals surface area contributed by atoms with Crippen LogP contribution >= 0.6 is 11.3 Å². The maximum absolute atomic E-state index is 14.1. The third-order valence-electron chi connectivity index (χ3n) is 6.37. The number of hydrogen-bond donors (Lipinski definition) is 0. The van der Waals surface area contributed by atoms with Gasteiger partial charge in [-0.1, -0.05) is 23.5 Å². The Balaban J connectivity index is 1.52. The van der Waals surface area contributed by atoms with E-state index < -0.39 is 16.1 Å². The number of pyridine rings is 1. The molecule has 198 valence electrons. The van der Waals surface area contributed by atoms with E-state index in [-0.39, 0.29) is 23.9 Å². The largest absolute Gasteiger partial charge is 0.497 e. The van der Waals surface area contributed by atoms with Crippen LogP contribution in [0.2, 0.25) is 0 Å². The number of carbonyl (C=O) groups excluding carboxylic acids is 1. The number of methoxy groups -OCH3 is 1. The number of para-hydroxylation sites is 1. The van der Waals surface area contributed by atoms with Crippen LogP contribution in [0.1, 0.15) is 25.5 Å². The van der Waals surface area contributed by atoms with Crippen molar-refractivity contribution in [1.82, 2.24) is 14.3 Å². The van der Waals surface area contributed by atoms with Gasteiger partial charge in [-0.2, -0.15) is 4.31 Å². The lowest BCUT2D eigenvalue weighted by atomic mass is 10.2. The maximum Gasteiger partial charge on any atom is 0.247 e. The molecule has 2 aromatic heterocycles. The molecule has 1 aliphatic rings. The van der Waals surface area contributed by atoms with Gasteiger partial charge in [-0.05, 0) is 68.3 Å². The van der Waals surface area contributed by atoms with Crippen LogP contribution in [-0.2, 0) is 21.4 Å². The highest BCUT2D eigenvalue weighted by atomic mass is 32.2. The molecule has 11 heteroatoms. The van der Waals surface area contributed by atoms with Crippen LogP contribution in [0.3, 0.4) is 0 Å². The molecule has 9 nitrogen and oxygen atoms in total. The molecule has 0 saturated carbocycles. The number of benzene rings is 2. The summed E-state index contributed by atoms with van der Waals surface area (Å²) in [6.07, 6.45) is 2.67. The van der Waals surface area contributed by atoms with Gasteiger partial charge in [0.25, 0.3) is 0 Å². The van der Waals surface area contributed by atoms with Crippen molar-refractivity contribution in [3.63, 3.8) is 0 Å². The van der Waals surface area contributed by atoms with E-state index in [4.69, 9.17) is 14.5 Å². The Morgan fingerprint density at radius 3 is 2.66 bits per heavy atom. The summed E-state index contributed by atoms with van der Waals surface area (Å²) < 4.78 is 40.3. The van der Waals surface area contributed by atoms with Crippen molar-refractivity contribution in [3.8, 4) is 11.5 Å². The van der Waals surface area contributed by atoms with E-state index in [0.717, 1.165) is 4.70 Å². The predicted octanol–water partition coefficient (Wildman–Crippen LogP) is 4.49. The summed E-state index contributed by atoms with van der Waals surface area (Å²) in [4.78, 5) is 25.0. The quantitative estimate of drug-likeness (QED) is 0.302. The van der Waals surface area contributed by atoms with Gasteiger partial charge in [0.1, 0.15) is 23.1 Å². The summed E-state index contributed by atoms with van der Waals surface area (Å²) >= 11 is 1.37. The van der Waals surface area contributed by atoms with Gasteiger partial charge in [0.2, 0.25) is 15.9 Å². The lowest BCUT2D eigenvalue weighted by Gasteiger charge is -2.28. The fourth-order valence-corrected chi connectivity index (χ4v) is 7.17. The number of carbonyl (C=O) groups is 1. The van der Waals surface area contributed by atoms with Gasteiger partial charge in [-0.3, -0.25) is 14.7 Å². The Bertz CT molecular complexity index is 1520. The summed E-state index contributed by atoms with van der Waals surface area (Å²) in [5.74, 6) is 0.867. The summed E-state index contributed by atoms with van der Waals surface area (Å²) in [5, 5.41) is 0.469. The van der Waals surface area contributed by atoms with Crippen molar-refractivity contribution in [2.24, 2.45) is 0 Å². The van der Waals surface area contributed by atoms with E-state index in [1.165, 1.54) is 34.9 Å². The minimum absolute atomic E-state index is 0.121. The second kappa shape index (κ2) is 11.1.